The van der Waals surface area contributed by atoms with Gasteiger partial charge in [-0.05, 0) is 56.0 Å². The second-order valence-corrected chi connectivity index (χ2v) is 7.83. The molecule has 1 aliphatic heterocycles. The largest absolute Gasteiger partial charge is 0.487 e. The molecule has 182 valence electrons. The van der Waals surface area contributed by atoms with E-state index in [-0.39, 0.29) is 24.0 Å². The van der Waals surface area contributed by atoms with Crippen LogP contribution in [0, 0.1) is 0 Å². The van der Waals surface area contributed by atoms with Crippen LogP contribution in [0.15, 0.2) is 53.7 Å². The fraction of sp³-hybridized carbons (Fsp3) is 0.520. The van der Waals surface area contributed by atoms with Gasteiger partial charge in [-0.15, -0.1) is 24.0 Å². The minimum Gasteiger partial charge on any atom is -0.487 e. The number of piperidine rings is 1. The smallest absolute Gasteiger partial charge is 0.194 e. The molecule has 1 aromatic carbocycles. The molecule has 0 aliphatic carbocycles. The summed E-state index contributed by atoms with van der Waals surface area (Å²) in [5.74, 6) is 1.81. The molecule has 0 radical (unpaired) electrons. The van der Waals surface area contributed by atoms with Crippen molar-refractivity contribution in [1.29, 1.82) is 0 Å². The van der Waals surface area contributed by atoms with Crippen molar-refractivity contribution in [2.24, 2.45) is 4.99 Å². The Kier molecular flexibility index (Phi) is 13.1. The van der Waals surface area contributed by atoms with E-state index in [1.165, 1.54) is 0 Å². The lowest BCUT2D eigenvalue weighted by atomic mass is 10.1. The Hall–Kier alpha value is -1.91. The van der Waals surface area contributed by atoms with Crippen LogP contribution < -0.4 is 10.1 Å². The highest BCUT2D eigenvalue weighted by atomic mass is 127. The summed E-state index contributed by atoms with van der Waals surface area (Å²) in [5.41, 5.74) is 2.07. The number of halogens is 1. The number of likely N-dealkylation sites (tertiary alicyclic amines) is 1. The quantitative estimate of drug-likeness (QED) is 0.189. The normalized spacial score (nSPS) is 14.6. The Morgan fingerprint density at radius 2 is 1.91 bits per heavy atom. The second-order valence-electron chi connectivity index (χ2n) is 7.83. The van der Waals surface area contributed by atoms with Crippen molar-refractivity contribution in [2.45, 2.75) is 45.4 Å². The number of hydrogen-bond acceptors (Lipinski definition) is 5. The average molecular weight is 569 g/mol. The standard InChI is InChI=1S/C25H36N4O3.HI/c1-3-26-25(29-15-12-24(13-16-29)31-18-6-17-30-2)28-19-21-8-10-23(11-9-21)32-20-22-7-4-5-14-27-22;/h4-5,7-11,14,24H,3,6,12-13,15-20H2,1-2H3,(H,26,28);1H. The monoisotopic (exact) mass is 568 g/mol. The van der Waals surface area contributed by atoms with Gasteiger partial charge in [-0.2, -0.15) is 0 Å². The number of rotatable bonds is 11. The molecule has 1 saturated heterocycles. The van der Waals surface area contributed by atoms with E-state index in [1.807, 2.05) is 30.3 Å². The van der Waals surface area contributed by atoms with Crippen LogP contribution in [-0.2, 0) is 22.6 Å². The van der Waals surface area contributed by atoms with Gasteiger partial charge in [0.25, 0.3) is 0 Å². The second kappa shape index (κ2) is 15.8. The van der Waals surface area contributed by atoms with Crippen LogP contribution in [0.25, 0.3) is 0 Å². The lowest BCUT2D eigenvalue weighted by Gasteiger charge is -2.34. The molecule has 0 unspecified atom stereocenters. The summed E-state index contributed by atoms with van der Waals surface area (Å²) in [6.07, 6.45) is 5.12. The summed E-state index contributed by atoms with van der Waals surface area (Å²) in [4.78, 5) is 11.5. The molecule has 0 amide bonds. The summed E-state index contributed by atoms with van der Waals surface area (Å²) in [6.45, 7) is 7.51. The van der Waals surface area contributed by atoms with Gasteiger partial charge in [0.1, 0.15) is 12.4 Å². The first-order valence-corrected chi connectivity index (χ1v) is 11.5. The molecule has 0 bridgehead atoms. The molecule has 1 aromatic heterocycles. The molecule has 3 rings (SSSR count). The molecule has 2 heterocycles. The first-order valence-electron chi connectivity index (χ1n) is 11.5. The van der Waals surface area contributed by atoms with Crippen LogP contribution in [0.1, 0.15) is 37.4 Å². The highest BCUT2D eigenvalue weighted by molar-refractivity contribution is 14.0. The van der Waals surface area contributed by atoms with Crippen molar-refractivity contribution < 1.29 is 14.2 Å². The first-order chi connectivity index (χ1) is 15.8. The Morgan fingerprint density at radius 3 is 2.58 bits per heavy atom. The molecule has 1 fully saturated rings. The van der Waals surface area contributed by atoms with Gasteiger partial charge in [0.2, 0.25) is 0 Å². The summed E-state index contributed by atoms with van der Waals surface area (Å²) >= 11 is 0. The van der Waals surface area contributed by atoms with E-state index in [2.05, 4.69) is 34.3 Å². The summed E-state index contributed by atoms with van der Waals surface area (Å²) in [6, 6.07) is 14.0. The molecule has 8 heteroatoms. The lowest BCUT2D eigenvalue weighted by Crippen LogP contribution is -2.47. The van der Waals surface area contributed by atoms with Crippen molar-refractivity contribution in [2.75, 3.05) is 40.0 Å². The maximum atomic E-state index is 5.98. The Balaban J connectivity index is 0.00000385. The third kappa shape index (κ3) is 9.85. The number of aromatic nitrogens is 1. The van der Waals surface area contributed by atoms with Gasteiger partial charge in [-0.3, -0.25) is 4.98 Å². The number of benzene rings is 1. The first kappa shape index (κ1) is 27.3. The predicted molar refractivity (Wildman–Crippen MR) is 142 cm³/mol. The maximum Gasteiger partial charge on any atom is 0.194 e. The highest BCUT2D eigenvalue weighted by Crippen LogP contribution is 2.16. The number of ether oxygens (including phenoxy) is 3. The van der Waals surface area contributed by atoms with E-state index < -0.39 is 0 Å². The molecule has 2 aromatic rings. The van der Waals surface area contributed by atoms with Gasteiger partial charge >= 0.3 is 0 Å². The molecule has 7 nitrogen and oxygen atoms in total. The van der Waals surface area contributed by atoms with Crippen molar-refractivity contribution in [3.8, 4) is 5.75 Å². The number of nitrogens with one attached hydrogen (secondary N) is 1. The summed E-state index contributed by atoms with van der Waals surface area (Å²) in [5, 5.41) is 3.43. The predicted octanol–water partition coefficient (Wildman–Crippen LogP) is 4.26. The van der Waals surface area contributed by atoms with Crippen molar-refractivity contribution >= 4 is 29.9 Å². The molecule has 0 spiro atoms. The van der Waals surface area contributed by atoms with Crippen LogP contribution in [0.5, 0.6) is 5.75 Å². The molecular formula is C25H37IN4O3. The van der Waals surface area contributed by atoms with Gasteiger partial charge in [-0.1, -0.05) is 18.2 Å². The third-order valence-corrected chi connectivity index (χ3v) is 5.37. The van der Waals surface area contributed by atoms with E-state index in [1.54, 1.807) is 13.3 Å². The van der Waals surface area contributed by atoms with Gasteiger partial charge in [0.05, 0.1) is 18.3 Å². The number of pyridine rings is 1. The Labute approximate surface area is 215 Å². The zero-order valence-corrected chi connectivity index (χ0v) is 22.1. The summed E-state index contributed by atoms with van der Waals surface area (Å²) < 4.78 is 16.9. The third-order valence-electron chi connectivity index (χ3n) is 5.37. The van der Waals surface area contributed by atoms with Crippen LogP contribution in [0.2, 0.25) is 0 Å². The van der Waals surface area contributed by atoms with Crippen LogP contribution >= 0.6 is 24.0 Å². The van der Waals surface area contributed by atoms with Crippen molar-refractivity contribution in [3.05, 3.63) is 59.9 Å². The highest BCUT2D eigenvalue weighted by Gasteiger charge is 2.21. The van der Waals surface area contributed by atoms with Crippen LogP contribution in [0.4, 0.5) is 0 Å². The molecule has 1 aliphatic rings. The van der Waals surface area contributed by atoms with E-state index in [0.29, 0.717) is 19.3 Å². The Bertz CT molecular complexity index is 797. The zero-order chi connectivity index (χ0) is 22.4. The Morgan fingerprint density at radius 1 is 1.12 bits per heavy atom. The minimum absolute atomic E-state index is 0. The minimum atomic E-state index is 0. The van der Waals surface area contributed by atoms with Gasteiger partial charge < -0.3 is 24.4 Å². The van der Waals surface area contributed by atoms with E-state index in [9.17, 15) is 0 Å². The van der Waals surface area contributed by atoms with Gasteiger partial charge in [-0.25, -0.2) is 4.99 Å². The molecule has 33 heavy (non-hydrogen) atoms. The molecular weight excluding hydrogens is 531 g/mol. The van der Waals surface area contributed by atoms with Crippen molar-refractivity contribution in [3.63, 3.8) is 0 Å². The topological polar surface area (TPSA) is 68.2 Å². The number of nitrogens with zero attached hydrogens (tertiary/aromatic N) is 3. The average Bonchev–Trinajstić information content (AvgIpc) is 2.85. The van der Waals surface area contributed by atoms with Crippen LogP contribution in [-0.4, -0.2) is 61.9 Å². The molecule has 0 saturated carbocycles. The fourth-order valence-corrected chi connectivity index (χ4v) is 3.61. The van der Waals surface area contributed by atoms with E-state index in [0.717, 1.165) is 75.1 Å². The van der Waals surface area contributed by atoms with E-state index in [4.69, 9.17) is 19.2 Å². The fourth-order valence-electron chi connectivity index (χ4n) is 3.61. The maximum absolute atomic E-state index is 5.98. The zero-order valence-electron chi connectivity index (χ0n) is 19.7. The molecule has 1 N–H and O–H groups in total. The number of hydrogen-bond donors (Lipinski definition) is 1. The van der Waals surface area contributed by atoms with Crippen molar-refractivity contribution in [1.82, 2.24) is 15.2 Å². The van der Waals surface area contributed by atoms with E-state index >= 15 is 0 Å². The SMILES string of the molecule is CCNC(=NCc1ccc(OCc2ccccn2)cc1)N1CCC(OCCCOC)CC1.I. The molecule has 0 atom stereocenters. The number of aliphatic imine (C=N–C) groups is 1. The number of methoxy groups -OCH3 is 1. The van der Waals surface area contributed by atoms with Gasteiger partial charge in [0, 0.05) is 46.2 Å². The number of guanidine groups is 1. The van der Waals surface area contributed by atoms with Gasteiger partial charge in [0.15, 0.2) is 5.96 Å². The lowest BCUT2D eigenvalue weighted by molar-refractivity contribution is 0.00990. The summed E-state index contributed by atoms with van der Waals surface area (Å²) in [7, 11) is 1.73. The van der Waals surface area contributed by atoms with Crippen LogP contribution in [0.3, 0.4) is 0 Å².